The van der Waals surface area contributed by atoms with E-state index in [1.165, 1.54) is 10.5 Å². The number of carbonyl (C=O) groups excluding carboxylic acids is 1. The molecule has 0 bridgehead atoms. The first-order chi connectivity index (χ1) is 13.7. The van der Waals surface area contributed by atoms with Gasteiger partial charge in [-0.3, -0.25) is 10.1 Å². The molecule has 1 atom stereocenters. The number of nitrogens with zero attached hydrogens (tertiary/aromatic N) is 2. The van der Waals surface area contributed by atoms with Crippen LogP contribution in [0.2, 0.25) is 0 Å². The lowest BCUT2D eigenvalue weighted by molar-refractivity contribution is 0.0900. The van der Waals surface area contributed by atoms with Gasteiger partial charge in [0, 0.05) is 17.0 Å². The molecule has 3 aromatic rings. The number of hydrogen-bond donors (Lipinski definition) is 2. The van der Waals surface area contributed by atoms with Crippen LogP contribution in [0.15, 0.2) is 59.5 Å². The van der Waals surface area contributed by atoms with Crippen LogP contribution in [0.5, 0.6) is 5.75 Å². The summed E-state index contributed by atoms with van der Waals surface area (Å²) in [4.78, 5) is 13.6. The lowest BCUT2D eigenvalue weighted by Crippen LogP contribution is -2.45. The number of benzene rings is 2. The first-order valence-electron chi connectivity index (χ1n) is 9.06. The van der Waals surface area contributed by atoms with E-state index in [1.807, 2.05) is 30.3 Å². The van der Waals surface area contributed by atoms with Crippen molar-refractivity contribution in [2.75, 3.05) is 19.9 Å². The summed E-state index contributed by atoms with van der Waals surface area (Å²) in [6.45, 7) is 1.19. The molecule has 7 heteroatoms. The molecule has 0 spiro atoms. The molecular formula is C21H22N4O2S. The summed E-state index contributed by atoms with van der Waals surface area (Å²) in [5, 5.41) is 11.1. The molecular weight excluding hydrogens is 372 g/mol. The second-order valence-electron chi connectivity index (χ2n) is 6.55. The van der Waals surface area contributed by atoms with Crippen molar-refractivity contribution in [2.24, 2.45) is 0 Å². The van der Waals surface area contributed by atoms with Crippen LogP contribution in [0.3, 0.4) is 0 Å². The van der Waals surface area contributed by atoms with E-state index < -0.39 is 0 Å². The zero-order valence-corrected chi connectivity index (χ0v) is 16.6. The van der Waals surface area contributed by atoms with Crippen LogP contribution in [0.1, 0.15) is 22.2 Å². The first-order valence-corrected chi connectivity index (χ1v) is 10.3. The van der Waals surface area contributed by atoms with Crippen molar-refractivity contribution in [1.29, 1.82) is 0 Å². The summed E-state index contributed by atoms with van der Waals surface area (Å²) in [6.07, 6.45) is 1.96. The quantitative estimate of drug-likeness (QED) is 0.628. The van der Waals surface area contributed by atoms with Gasteiger partial charge in [0.05, 0.1) is 19.3 Å². The number of methoxy groups -OCH3 is 1. The molecule has 0 fully saturated rings. The Balaban J connectivity index is 1.56. The number of nitrogens with one attached hydrogen (secondary N) is 2. The smallest absolute Gasteiger partial charge is 0.269 e. The van der Waals surface area contributed by atoms with E-state index in [1.54, 1.807) is 23.6 Å². The normalized spacial score (nSPS) is 15.8. The third-order valence-corrected chi connectivity index (χ3v) is 5.53. The van der Waals surface area contributed by atoms with Gasteiger partial charge in [-0.25, -0.2) is 4.68 Å². The molecule has 0 aliphatic carbocycles. The van der Waals surface area contributed by atoms with Crippen molar-refractivity contribution in [3.63, 3.8) is 0 Å². The van der Waals surface area contributed by atoms with Gasteiger partial charge in [0.1, 0.15) is 17.6 Å². The highest BCUT2D eigenvalue weighted by atomic mass is 32.2. The minimum absolute atomic E-state index is 0.104. The van der Waals surface area contributed by atoms with Crippen LogP contribution in [-0.4, -0.2) is 35.6 Å². The molecule has 1 aliphatic heterocycles. The monoisotopic (exact) mass is 394 g/mol. The van der Waals surface area contributed by atoms with Gasteiger partial charge in [0.2, 0.25) is 0 Å². The maximum atomic E-state index is 12.3. The topological polar surface area (TPSA) is 68.2 Å². The predicted octanol–water partition coefficient (Wildman–Crippen LogP) is 3.31. The molecule has 0 radical (unpaired) electrons. The highest BCUT2D eigenvalue weighted by Crippen LogP contribution is 2.26. The van der Waals surface area contributed by atoms with Crippen LogP contribution < -0.4 is 15.4 Å². The van der Waals surface area contributed by atoms with E-state index in [2.05, 4.69) is 41.2 Å². The maximum Gasteiger partial charge on any atom is 0.269 e. The first kappa shape index (κ1) is 18.6. The molecule has 0 saturated heterocycles. The van der Waals surface area contributed by atoms with Crippen LogP contribution >= 0.6 is 11.8 Å². The van der Waals surface area contributed by atoms with E-state index in [0.29, 0.717) is 18.8 Å². The number of ether oxygens (including phenoxy) is 1. The van der Waals surface area contributed by atoms with Crippen molar-refractivity contribution in [3.8, 4) is 17.0 Å². The Bertz CT molecular complexity index is 984. The number of hydrogen-bond acceptors (Lipinski definition) is 5. The number of thioether (sulfide) groups is 1. The molecule has 2 N–H and O–H groups in total. The van der Waals surface area contributed by atoms with Gasteiger partial charge in [-0.2, -0.15) is 5.10 Å². The summed E-state index contributed by atoms with van der Waals surface area (Å²) in [5.74, 6) is 0.653. The van der Waals surface area contributed by atoms with E-state index in [-0.39, 0.29) is 12.1 Å². The zero-order chi connectivity index (χ0) is 19.5. The third kappa shape index (κ3) is 3.76. The second-order valence-corrected chi connectivity index (χ2v) is 7.43. The van der Waals surface area contributed by atoms with Gasteiger partial charge in [-0.15, -0.1) is 11.8 Å². The number of rotatable bonds is 6. The second kappa shape index (κ2) is 8.08. The van der Waals surface area contributed by atoms with Crippen LogP contribution in [-0.2, 0) is 6.54 Å². The summed E-state index contributed by atoms with van der Waals surface area (Å²) in [7, 11) is 1.64. The fraction of sp³-hybridized carbons (Fsp3) is 0.238. The minimum atomic E-state index is -0.107. The number of amides is 1. The van der Waals surface area contributed by atoms with Gasteiger partial charge < -0.3 is 10.1 Å². The van der Waals surface area contributed by atoms with E-state index in [0.717, 1.165) is 17.0 Å². The van der Waals surface area contributed by atoms with Crippen molar-refractivity contribution in [2.45, 2.75) is 17.6 Å². The summed E-state index contributed by atoms with van der Waals surface area (Å²) in [6, 6.07) is 18.0. The van der Waals surface area contributed by atoms with Crippen molar-refractivity contribution >= 4 is 17.7 Å². The van der Waals surface area contributed by atoms with Gasteiger partial charge in [-0.05, 0) is 42.2 Å². The third-order valence-electron chi connectivity index (χ3n) is 4.79. The Morgan fingerprint density at radius 3 is 2.82 bits per heavy atom. The zero-order valence-electron chi connectivity index (χ0n) is 15.8. The number of aromatic nitrogens is 2. The van der Waals surface area contributed by atoms with Crippen molar-refractivity contribution < 1.29 is 9.53 Å². The van der Waals surface area contributed by atoms with Gasteiger partial charge in [0.15, 0.2) is 0 Å². The Hall–Kier alpha value is -2.77. The fourth-order valence-electron chi connectivity index (χ4n) is 3.23. The molecule has 0 saturated carbocycles. The molecule has 28 heavy (non-hydrogen) atoms. The lowest BCUT2D eigenvalue weighted by Gasteiger charge is -2.25. The highest BCUT2D eigenvalue weighted by Gasteiger charge is 2.27. The van der Waals surface area contributed by atoms with Gasteiger partial charge >= 0.3 is 0 Å². The molecule has 2 aromatic carbocycles. The molecule has 4 rings (SSSR count). The average molecular weight is 395 g/mol. The molecule has 144 valence electrons. The number of carbonyl (C=O) groups is 1. The van der Waals surface area contributed by atoms with Gasteiger partial charge in [0.25, 0.3) is 5.91 Å². The maximum absolute atomic E-state index is 12.3. The van der Waals surface area contributed by atoms with Crippen LogP contribution in [0, 0.1) is 0 Å². The Kier molecular flexibility index (Phi) is 5.36. The fourth-order valence-corrected chi connectivity index (χ4v) is 3.64. The summed E-state index contributed by atoms with van der Waals surface area (Å²) in [5.41, 5.74) is 3.42. The summed E-state index contributed by atoms with van der Waals surface area (Å²) >= 11 is 1.73. The number of fused-ring (bicyclic) bond motifs is 1. The molecule has 0 unspecified atom stereocenters. The van der Waals surface area contributed by atoms with E-state index >= 15 is 0 Å². The van der Waals surface area contributed by atoms with Crippen molar-refractivity contribution in [3.05, 3.63) is 65.9 Å². The molecule has 1 amide bonds. The Morgan fingerprint density at radius 1 is 1.25 bits per heavy atom. The van der Waals surface area contributed by atoms with Gasteiger partial charge in [-0.1, -0.05) is 24.3 Å². The van der Waals surface area contributed by atoms with Crippen molar-refractivity contribution in [1.82, 2.24) is 20.4 Å². The molecule has 2 heterocycles. The SMILES string of the molecule is COc1cccc(-c2cc3n(n2)[C@@H](NCc2ccc(SC)cc2)CNC3=O)c1. The largest absolute Gasteiger partial charge is 0.497 e. The highest BCUT2D eigenvalue weighted by molar-refractivity contribution is 7.98. The predicted molar refractivity (Wildman–Crippen MR) is 111 cm³/mol. The average Bonchev–Trinajstić information content (AvgIpc) is 3.20. The van der Waals surface area contributed by atoms with Crippen LogP contribution in [0.4, 0.5) is 0 Å². The minimum Gasteiger partial charge on any atom is -0.497 e. The summed E-state index contributed by atoms with van der Waals surface area (Å²) < 4.78 is 7.08. The van der Waals surface area contributed by atoms with Crippen LogP contribution in [0.25, 0.3) is 11.3 Å². The molecule has 1 aliphatic rings. The molecule has 1 aromatic heterocycles. The lowest BCUT2D eigenvalue weighted by atomic mass is 10.1. The van der Waals surface area contributed by atoms with E-state index in [9.17, 15) is 4.79 Å². The standard InChI is InChI=1S/C21H22N4O2S/c1-27-16-5-3-4-15(10-16)18-11-19-21(26)23-13-20(25(19)24-18)22-12-14-6-8-17(28-2)9-7-14/h3-11,20,22H,12-13H2,1-2H3,(H,23,26)/t20-/m1/s1. The Labute approximate surface area is 168 Å². The van der Waals surface area contributed by atoms with E-state index in [4.69, 9.17) is 9.84 Å². The molecule has 6 nitrogen and oxygen atoms in total. The Morgan fingerprint density at radius 2 is 2.07 bits per heavy atom.